The van der Waals surface area contributed by atoms with Crippen molar-refractivity contribution in [3.05, 3.63) is 89.1 Å². The van der Waals surface area contributed by atoms with E-state index >= 15 is 0 Å². The zero-order valence-electron chi connectivity index (χ0n) is 14.9. The lowest BCUT2D eigenvalue weighted by Crippen LogP contribution is -2.23. The van der Waals surface area contributed by atoms with Crippen molar-refractivity contribution >= 4 is 6.21 Å². The summed E-state index contributed by atoms with van der Waals surface area (Å²) in [5.74, 6) is 0. The van der Waals surface area contributed by atoms with Gasteiger partial charge in [-0.3, -0.25) is 0 Å². The Morgan fingerprint density at radius 1 is 1.04 bits per heavy atom. The first kappa shape index (κ1) is 18.9. The summed E-state index contributed by atoms with van der Waals surface area (Å²) in [4.78, 5) is 0. The number of hydrogen-bond acceptors (Lipinski definition) is 2. The molecule has 0 N–H and O–H groups in total. The van der Waals surface area contributed by atoms with Crippen molar-refractivity contribution in [1.82, 2.24) is 0 Å². The zero-order chi connectivity index (χ0) is 17.7. The summed E-state index contributed by atoms with van der Waals surface area (Å²) in [5.41, 5.74) is 2.11. The SMILES string of the molecule is C/C=C/C[C@H](CCCOCc1ccccc1)/[N+]([O-])=C/c1ccccc1. The Morgan fingerprint density at radius 3 is 2.40 bits per heavy atom. The second-order valence-electron chi connectivity index (χ2n) is 6.04. The minimum atomic E-state index is -0.0586. The van der Waals surface area contributed by atoms with Crippen LogP contribution in [-0.2, 0) is 11.3 Å². The summed E-state index contributed by atoms with van der Waals surface area (Å²) in [5, 5.41) is 12.5. The Bertz CT molecular complexity index is 650. The number of allylic oxidation sites excluding steroid dienone is 1. The van der Waals surface area contributed by atoms with Gasteiger partial charge in [0.1, 0.15) is 0 Å². The fourth-order valence-electron chi connectivity index (χ4n) is 2.62. The van der Waals surface area contributed by atoms with Crippen molar-refractivity contribution in [2.24, 2.45) is 0 Å². The van der Waals surface area contributed by atoms with Gasteiger partial charge in [0.25, 0.3) is 0 Å². The Kier molecular flexibility index (Phi) is 8.50. The first-order valence-electron chi connectivity index (χ1n) is 8.88. The van der Waals surface area contributed by atoms with E-state index in [9.17, 15) is 5.21 Å². The number of hydroxylamine groups is 1. The van der Waals surface area contributed by atoms with Gasteiger partial charge in [-0.1, -0.05) is 60.7 Å². The maximum absolute atomic E-state index is 12.5. The van der Waals surface area contributed by atoms with Gasteiger partial charge in [-0.15, -0.1) is 0 Å². The summed E-state index contributed by atoms with van der Waals surface area (Å²) in [7, 11) is 0. The van der Waals surface area contributed by atoms with Crippen LogP contribution in [-0.4, -0.2) is 23.6 Å². The van der Waals surface area contributed by atoms with Gasteiger partial charge in [-0.25, -0.2) is 4.74 Å². The normalized spacial score (nSPS) is 13.2. The fraction of sp³-hybridized carbons (Fsp3) is 0.318. The topological polar surface area (TPSA) is 35.3 Å². The van der Waals surface area contributed by atoms with Crippen molar-refractivity contribution in [1.29, 1.82) is 0 Å². The molecule has 0 unspecified atom stereocenters. The molecule has 2 aromatic rings. The van der Waals surface area contributed by atoms with Crippen LogP contribution < -0.4 is 0 Å². The van der Waals surface area contributed by atoms with Gasteiger partial charge in [0.15, 0.2) is 12.3 Å². The average Bonchev–Trinajstić information content (AvgIpc) is 2.65. The van der Waals surface area contributed by atoms with Crippen LogP contribution in [0.3, 0.4) is 0 Å². The highest BCUT2D eigenvalue weighted by Crippen LogP contribution is 2.09. The monoisotopic (exact) mass is 337 g/mol. The van der Waals surface area contributed by atoms with E-state index in [1.807, 2.05) is 61.5 Å². The van der Waals surface area contributed by atoms with Crippen LogP contribution in [0.1, 0.15) is 37.3 Å². The highest BCUT2D eigenvalue weighted by molar-refractivity contribution is 5.75. The third kappa shape index (κ3) is 7.36. The standard InChI is InChI=1S/C22H27NO2/c1-2-3-15-22(23(24)18-20-11-6-4-7-12-20)16-10-17-25-19-21-13-8-5-9-14-21/h2-9,11-14,18,22H,10,15-17,19H2,1H3/b3-2+,23-18-/t22-/m1/s1. The second kappa shape index (κ2) is 11.2. The van der Waals surface area contributed by atoms with E-state index in [4.69, 9.17) is 4.74 Å². The van der Waals surface area contributed by atoms with Crippen LogP contribution in [0.25, 0.3) is 0 Å². The fourth-order valence-corrected chi connectivity index (χ4v) is 2.62. The number of ether oxygens (including phenoxy) is 1. The number of nitrogens with zero attached hydrogens (tertiary/aromatic N) is 1. The van der Waals surface area contributed by atoms with Crippen LogP contribution in [0, 0.1) is 5.21 Å². The molecule has 0 heterocycles. The van der Waals surface area contributed by atoms with E-state index in [0.717, 1.165) is 29.6 Å². The Morgan fingerprint density at radius 2 is 1.72 bits per heavy atom. The molecule has 3 heteroatoms. The Balaban J connectivity index is 1.82. The van der Waals surface area contributed by atoms with Gasteiger partial charge in [-0.05, 0) is 31.0 Å². The molecule has 0 saturated heterocycles. The summed E-state index contributed by atoms with van der Waals surface area (Å²) in [6, 6.07) is 19.8. The Labute approximate surface area is 150 Å². The number of rotatable bonds is 10. The largest absolute Gasteiger partial charge is 0.624 e. The molecule has 0 aliphatic heterocycles. The molecular formula is C22H27NO2. The predicted molar refractivity (Wildman–Crippen MR) is 104 cm³/mol. The highest BCUT2D eigenvalue weighted by Gasteiger charge is 2.14. The predicted octanol–water partition coefficient (Wildman–Crippen LogP) is 4.95. The number of benzene rings is 2. The summed E-state index contributed by atoms with van der Waals surface area (Å²) < 4.78 is 6.81. The van der Waals surface area contributed by atoms with E-state index in [0.29, 0.717) is 13.2 Å². The van der Waals surface area contributed by atoms with E-state index < -0.39 is 0 Å². The molecule has 0 aliphatic carbocycles. The molecular weight excluding hydrogens is 310 g/mol. The van der Waals surface area contributed by atoms with Gasteiger partial charge in [0.2, 0.25) is 0 Å². The molecule has 0 bridgehead atoms. The van der Waals surface area contributed by atoms with E-state index in [1.54, 1.807) is 6.21 Å². The molecule has 0 radical (unpaired) electrons. The molecule has 0 aromatic heterocycles. The smallest absolute Gasteiger partial charge is 0.182 e. The molecule has 0 aliphatic rings. The summed E-state index contributed by atoms with van der Waals surface area (Å²) >= 11 is 0. The third-order valence-corrected chi connectivity index (χ3v) is 4.02. The molecule has 0 spiro atoms. The van der Waals surface area contributed by atoms with Gasteiger partial charge in [0.05, 0.1) is 6.61 Å². The van der Waals surface area contributed by atoms with E-state index in [-0.39, 0.29) is 6.04 Å². The minimum absolute atomic E-state index is 0.0586. The molecule has 2 aromatic carbocycles. The third-order valence-electron chi connectivity index (χ3n) is 4.02. The van der Waals surface area contributed by atoms with Crippen LogP contribution in [0.5, 0.6) is 0 Å². The first-order valence-corrected chi connectivity index (χ1v) is 8.88. The lowest BCUT2D eigenvalue weighted by molar-refractivity contribution is -0.497. The summed E-state index contributed by atoms with van der Waals surface area (Å²) in [6.07, 6.45) is 8.16. The molecule has 0 fully saturated rings. The molecule has 3 nitrogen and oxygen atoms in total. The average molecular weight is 337 g/mol. The van der Waals surface area contributed by atoms with Crippen LogP contribution in [0.15, 0.2) is 72.8 Å². The quantitative estimate of drug-likeness (QED) is 0.154. The maximum Gasteiger partial charge on any atom is 0.182 e. The van der Waals surface area contributed by atoms with Crippen molar-refractivity contribution in [3.8, 4) is 0 Å². The van der Waals surface area contributed by atoms with Crippen LogP contribution in [0.2, 0.25) is 0 Å². The highest BCUT2D eigenvalue weighted by atomic mass is 16.5. The molecule has 25 heavy (non-hydrogen) atoms. The van der Waals surface area contributed by atoms with Gasteiger partial charge < -0.3 is 9.94 Å². The maximum atomic E-state index is 12.5. The molecule has 1 atom stereocenters. The van der Waals surface area contributed by atoms with Crippen LogP contribution >= 0.6 is 0 Å². The Hall–Kier alpha value is -2.39. The minimum Gasteiger partial charge on any atom is -0.624 e. The molecule has 2 rings (SSSR count). The van der Waals surface area contributed by atoms with E-state index in [2.05, 4.69) is 18.2 Å². The van der Waals surface area contributed by atoms with Crippen molar-refractivity contribution < 1.29 is 9.48 Å². The van der Waals surface area contributed by atoms with Crippen LogP contribution in [0.4, 0.5) is 0 Å². The van der Waals surface area contributed by atoms with Crippen molar-refractivity contribution in [2.75, 3.05) is 6.61 Å². The van der Waals surface area contributed by atoms with Gasteiger partial charge >= 0.3 is 0 Å². The van der Waals surface area contributed by atoms with E-state index in [1.165, 1.54) is 5.56 Å². The lowest BCUT2D eigenvalue weighted by atomic mass is 10.1. The van der Waals surface area contributed by atoms with Gasteiger partial charge in [0, 0.05) is 25.0 Å². The number of hydrogen-bond donors (Lipinski definition) is 0. The summed E-state index contributed by atoms with van der Waals surface area (Å²) in [6.45, 7) is 3.27. The molecule has 0 amide bonds. The van der Waals surface area contributed by atoms with Gasteiger partial charge in [-0.2, -0.15) is 0 Å². The second-order valence-corrected chi connectivity index (χ2v) is 6.04. The molecule has 132 valence electrons. The lowest BCUT2D eigenvalue weighted by Gasteiger charge is -2.16. The van der Waals surface area contributed by atoms with Crippen molar-refractivity contribution in [3.63, 3.8) is 0 Å². The molecule has 0 saturated carbocycles. The first-order chi connectivity index (χ1) is 12.3. The van der Waals surface area contributed by atoms with Crippen molar-refractivity contribution in [2.45, 2.75) is 38.8 Å². The zero-order valence-corrected chi connectivity index (χ0v) is 14.9.